The van der Waals surface area contributed by atoms with Crippen LogP contribution in [-0.4, -0.2) is 25.9 Å². The van der Waals surface area contributed by atoms with Crippen molar-refractivity contribution in [2.24, 2.45) is 5.92 Å². The van der Waals surface area contributed by atoms with Crippen molar-refractivity contribution in [3.63, 3.8) is 0 Å². The maximum atomic E-state index is 10.2. The van der Waals surface area contributed by atoms with Gasteiger partial charge in [0.2, 0.25) is 0 Å². The van der Waals surface area contributed by atoms with Gasteiger partial charge in [0.1, 0.15) is 11.9 Å². The Hall–Kier alpha value is -1.59. The Bertz CT molecular complexity index is 636. The van der Waals surface area contributed by atoms with E-state index < -0.39 is 6.10 Å². The number of benzene rings is 1. The molecule has 3 unspecified atom stereocenters. The van der Waals surface area contributed by atoms with E-state index in [1.807, 2.05) is 22.8 Å². The maximum Gasteiger partial charge on any atom is 0.138 e. The molecule has 0 saturated heterocycles. The van der Waals surface area contributed by atoms with E-state index in [1.165, 1.54) is 0 Å². The molecule has 1 saturated carbocycles. The van der Waals surface area contributed by atoms with Crippen LogP contribution in [0.5, 0.6) is 0 Å². The number of aromatic nitrogens is 2. The Labute approximate surface area is 124 Å². The van der Waals surface area contributed by atoms with Crippen LogP contribution in [0.15, 0.2) is 18.2 Å². The largest absolute Gasteiger partial charge is 0.399 e. The van der Waals surface area contributed by atoms with Crippen molar-refractivity contribution >= 4 is 16.7 Å². The molecule has 0 radical (unpaired) electrons. The van der Waals surface area contributed by atoms with Crippen LogP contribution in [0.1, 0.15) is 44.5 Å². The van der Waals surface area contributed by atoms with Crippen molar-refractivity contribution in [2.75, 3.05) is 5.73 Å². The van der Waals surface area contributed by atoms with E-state index in [9.17, 15) is 10.2 Å². The molecule has 0 amide bonds. The van der Waals surface area contributed by atoms with Gasteiger partial charge < -0.3 is 20.5 Å². The van der Waals surface area contributed by atoms with E-state index in [-0.39, 0.29) is 12.0 Å². The molecular formula is C16H23N3O2. The lowest BCUT2D eigenvalue weighted by Crippen LogP contribution is -2.29. The molecular weight excluding hydrogens is 266 g/mol. The van der Waals surface area contributed by atoms with Gasteiger partial charge in [0, 0.05) is 18.2 Å². The van der Waals surface area contributed by atoms with Crippen LogP contribution in [0, 0.1) is 5.92 Å². The minimum Gasteiger partial charge on any atom is -0.399 e. The molecule has 1 fully saturated rings. The van der Waals surface area contributed by atoms with Gasteiger partial charge in [0.25, 0.3) is 0 Å². The number of aliphatic hydroxyl groups is 2. The number of imidazole rings is 1. The van der Waals surface area contributed by atoms with Crippen LogP contribution >= 0.6 is 0 Å². The van der Waals surface area contributed by atoms with Crippen LogP contribution in [0.2, 0.25) is 0 Å². The second-order valence-electron chi connectivity index (χ2n) is 6.12. The third-order valence-corrected chi connectivity index (χ3v) is 4.46. The molecule has 1 aliphatic carbocycles. The fourth-order valence-electron chi connectivity index (χ4n) is 3.31. The summed E-state index contributed by atoms with van der Waals surface area (Å²) >= 11 is 0. The average molecular weight is 289 g/mol. The van der Waals surface area contributed by atoms with Crippen LogP contribution < -0.4 is 5.73 Å². The third-order valence-electron chi connectivity index (χ3n) is 4.46. The maximum absolute atomic E-state index is 10.2. The highest BCUT2D eigenvalue weighted by atomic mass is 16.3. The van der Waals surface area contributed by atoms with Crippen molar-refractivity contribution in [2.45, 2.75) is 51.4 Å². The number of hydrogen-bond donors (Lipinski definition) is 3. The van der Waals surface area contributed by atoms with Crippen molar-refractivity contribution in [3.8, 4) is 0 Å². The molecule has 4 N–H and O–H groups in total. The van der Waals surface area contributed by atoms with Crippen molar-refractivity contribution in [3.05, 3.63) is 24.0 Å². The van der Waals surface area contributed by atoms with Gasteiger partial charge in [-0.1, -0.05) is 12.8 Å². The zero-order valence-electron chi connectivity index (χ0n) is 12.4. The summed E-state index contributed by atoms with van der Waals surface area (Å²) < 4.78 is 2.04. The van der Waals surface area contributed by atoms with Gasteiger partial charge >= 0.3 is 0 Å². The predicted octanol–water partition coefficient (Wildman–Crippen LogP) is 2.22. The summed E-state index contributed by atoms with van der Waals surface area (Å²) in [6.45, 7) is 2.42. The van der Waals surface area contributed by atoms with E-state index in [1.54, 1.807) is 6.92 Å². The van der Waals surface area contributed by atoms with Crippen LogP contribution in [0.3, 0.4) is 0 Å². The molecule has 2 aromatic rings. The Morgan fingerprint density at radius 2 is 2.14 bits per heavy atom. The highest BCUT2D eigenvalue weighted by molar-refractivity contribution is 5.79. The highest BCUT2D eigenvalue weighted by Gasteiger charge is 2.26. The second kappa shape index (κ2) is 5.66. The molecule has 3 atom stereocenters. The standard InChI is InChI=1S/C16H23N3O2/c1-10(20)16-18-13-8-12(17)6-7-14(13)19(16)9-11-4-2-3-5-15(11)21/h6-8,10-11,15,20-21H,2-5,9,17H2,1H3. The summed E-state index contributed by atoms with van der Waals surface area (Å²) in [5.41, 5.74) is 8.25. The average Bonchev–Trinajstić information content (AvgIpc) is 2.79. The number of rotatable bonds is 3. The molecule has 3 rings (SSSR count). The quantitative estimate of drug-likeness (QED) is 0.756. The first-order chi connectivity index (χ1) is 10.1. The SMILES string of the molecule is CC(O)c1nc2cc(N)ccc2n1CC1CCCCC1O. The number of nitrogens with two attached hydrogens (primary N) is 1. The van der Waals surface area contributed by atoms with Gasteiger partial charge in [0.05, 0.1) is 17.1 Å². The predicted molar refractivity (Wildman–Crippen MR) is 82.7 cm³/mol. The molecule has 0 bridgehead atoms. The second-order valence-corrected chi connectivity index (χ2v) is 6.12. The van der Waals surface area contributed by atoms with Gasteiger partial charge in [-0.2, -0.15) is 0 Å². The van der Waals surface area contributed by atoms with Crippen LogP contribution in [0.25, 0.3) is 11.0 Å². The number of fused-ring (bicyclic) bond motifs is 1. The molecule has 21 heavy (non-hydrogen) atoms. The first-order valence-electron chi connectivity index (χ1n) is 7.68. The summed E-state index contributed by atoms with van der Waals surface area (Å²) in [5.74, 6) is 0.875. The molecule has 114 valence electrons. The minimum atomic E-state index is -0.639. The van der Waals surface area contributed by atoms with Crippen LogP contribution in [-0.2, 0) is 6.54 Å². The molecule has 5 nitrogen and oxygen atoms in total. The lowest BCUT2D eigenvalue weighted by Gasteiger charge is -2.28. The number of anilines is 1. The topological polar surface area (TPSA) is 84.3 Å². The number of aliphatic hydroxyl groups excluding tert-OH is 2. The smallest absolute Gasteiger partial charge is 0.138 e. The summed E-state index contributed by atoms with van der Waals surface area (Å²) in [7, 11) is 0. The zero-order valence-corrected chi connectivity index (χ0v) is 12.4. The van der Waals surface area contributed by atoms with E-state index in [0.717, 1.165) is 36.7 Å². The van der Waals surface area contributed by atoms with Gasteiger partial charge in [-0.3, -0.25) is 0 Å². The van der Waals surface area contributed by atoms with E-state index >= 15 is 0 Å². The molecule has 1 aromatic carbocycles. The molecule has 1 aliphatic rings. The number of nitrogen functional groups attached to an aromatic ring is 1. The van der Waals surface area contributed by atoms with E-state index in [0.29, 0.717) is 18.1 Å². The Morgan fingerprint density at radius 3 is 2.86 bits per heavy atom. The Balaban J connectivity index is 2.00. The van der Waals surface area contributed by atoms with Crippen molar-refractivity contribution in [1.82, 2.24) is 9.55 Å². The third kappa shape index (κ3) is 2.76. The Morgan fingerprint density at radius 1 is 1.38 bits per heavy atom. The minimum absolute atomic E-state index is 0.228. The summed E-state index contributed by atoms with van der Waals surface area (Å²) in [5, 5.41) is 20.2. The normalized spacial score (nSPS) is 24.3. The van der Waals surface area contributed by atoms with Gasteiger partial charge in [0.15, 0.2) is 0 Å². The fraction of sp³-hybridized carbons (Fsp3) is 0.562. The van der Waals surface area contributed by atoms with E-state index in [2.05, 4.69) is 4.98 Å². The monoisotopic (exact) mass is 289 g/mol. The fourth-order valence-corrected chi connectivity index (χ4v) is 3.31. The van der Waals surface area contributed by atoms with Gasteiger partial charge in [-0.15, -0.1) is 0 Å². The molecule has 1 heterocycles. The van der Waals surface area contributed by atoms with Gasteiger partial charge in [-0.25, -0.2) is 4.98 Å². The zero-order chi connectivity index (χ0) is 15.0. The molecule has 0 spiro atoms. The number of nitrogens with zero attached hydrogens (tertiary/aromatic N) is 2. The molecule has 0 aliphatic heterocycles. The van der Waals surface area contributed by atoms with Gasteiger partial charge in [-0.05, 0) is 38.0 Å². The highest BCUT2D eigenvalue weighted by Crippen LogP contribution is 2.29. The molecule has 5 heteroatoms. The molecule has 1 aromatic heterocycles. The Kier molecular flexibility index (Phi) is 3.87. The van der Waals surface area contributed by atoms with Crippen molar-refractivity contribution < 1.29 is 10.2 Å². The summed E-state index contributed by atoms with van der Waals surface area (Å²) in [6, 6.07) is 5.62. The lowest BCUT2D eigenvalue weighted by molar-refractivity contribution is 0.0593. The first kappa shape index (κ1) is 14.4. The van der Waals surface area contributed by atoms with Crippen molar-refractivity contribution in [1.29, 1.82) is 0 Å². The number of hydrogen-bond acceptors (Lipinski definition) is 4. The van der Waals surface area contributed by atoms with E-state index in [4.69, 9.17) is 5.73 Å². The first-order valence-corrected chi connectivity index (χ1v) is 7.68. The summed E-state index contributed by atoms with van der Waals surface area (Å²) in [6.07, 6.45) is 3.25. The van der Waals surface area contributed by atoms with Crippen LogP contribution in [0.4, 0.5) is 5.69 Å². The summed E-state index contributed by atoms with van der Waals surface area (Å²) in [4.78, 5) is 4.51. The lowest BCUT2D eigenvalue weighted by atomic mass is 9.86.